The summed E-state index contributed by atoms with van der Waals surface area (Å²) in [5, 5.41) is 9.51. The van der Waals surface area contributed by atoms with Gasteiger partial charge in [-0.05, 0) is 34.1 Å². The van der Waals surface area contributed by atoms with E-state index in [0.717, 1.165) is 4.90 Å². The Morgan fingerprint density at radius 2 is 1.78 bits per heavy atom. The van der Waals surface area contributed by atoms with E-state index in [2.05, 4.69) is 0 Å². The van der Waals surface area contributed by atoms with Crippen molar-refractivity contribution in [3.05, 3.63) is 0 Å². The van der Waals surface area contributed by atoms with Crippen molar-refractivity contribution in [1.82, 2.24) is 4.90 Å². The predicted octanol–water partition coefficient (Wildman–Crippen LogP) is 2.31. The number of hydrogen-bond acceptors (Lipinski definition) is 3. The van der Waals surface area contributed by atoms with E-state index in [-0.39, 0.29) is 13.0 Å². The molecule has 1 aliphatic rings. The second kappa shape index (κ2) is 4.29. The molecule has 0 aromatic rings. The van der Waals surface area contributed by atoms with Crippen molar-refractivity contribution in [2.45, 2.75) is 57.5 Å². The zero-order valence-electron chi connectivity index (χ0n) is 10.8. The van der Waals surface area contributed by atoms with E-state index in [1.54, 1.807) is 20.8 Å². The third-order valence-corrected chi connectivity index (χ3v) is 2.87. The number of likely N-dealkylation sites (tertiary alicyclic amines) is 1. The molecule has 0 unspecified atom stereocenters. The number of rotatable bonds is 1. The SMILES string of the molecule is CC(C)(C)OC(=O)N1CC[C@@H]1[C@@](C)(O)C(F)(F)F. The average molecular weight is 269 g/mol. The Balaban J connectivity index is 2.75. The first-order valence-corrected chi connectivity index (χ1v) is 5.65. The van der Waals surface area contributed by atoms with Gasteiger partial charge in [0.15, 0.2) is 5.60 Å². The molecule has 0 bridgehead atoms. The van der Waals surface area contributed by atoms with Crippen LogP contribution in [0.1, 0.15) is 34.1 Å². The van der Waals surface area contributed by atoms with Crippen molar-refractivity contribution >= 4 is 6.09 Å². The lowest BCUT2D eigenvalue weighted by Crippen LogP contribution is -2.67. The molecule has 2 atom stereocenters. The Morgan fingerprint density at radius 1 is 1.28 bits per heavy atom. The number of ether oxygens (including phenoxy) is 1. The molecule has 1 saturated heterocycles. The number of hydrogen-bond donors (Lipinski definition) is 1. The molecule has 0 aromatic carbocycles. The van der Waals surface area contributed by atoms with Crippen LogP contribution >= 0.6 is 0 Å². The maximum Gasteiger partial charge on any atom is 0.418 e. The van der Waals surface area contributed by atoms with Gasteiger partial charge in [0.25, 0.3) is 0 Å². The summed E-state index contributed by atoms with van der Waals surface area (Å²) in [5.41, 5.74) is -3.69. The minimum absolute atomic E-state index is 0.103. The first-order valence-electron chi connectivity index (χ1n) is 5.65. The number of aliphatic hydroxyl groups is 1. The van der Waals surface area contributed by atoms with Crippen molar-refractivity contribution in [1.29, 1.82) is 0 Å². The third kappa shape index (κ3) is 2.88. The van der Waals surface area contributed by atoms with Crippen LogP contribution in [-0.2, 0) is 4.74 Å². The highest BCUT2D eigenvalue weighted by Crippen LogP contribution is 2.40. The van der Waals surface area contributed by atoms with Gasteiger partial charge in [0.05, 0.1) is 6.04 Å². The predicted molar refractivity (Wildman–Crippen MR) is 58.0 cm³/mol. The molecule has 1 rings (SSSR count). The maximum absolute atomic E-state index is 12.7. The smallest absolute Gasteiger partial charge is 0.418 e. The molecule has 1 amide bonds. The van der Waals surface area contributed by atoms with E-state index in [4.69, 9.17) is 4.74 Å². The monoisotopic (exact) mass is 269 g/mol. The van der Waals surface area contributed by atoms with E-state index >= 15 is 0 Å². The molecule has 0 spiro atoms. The Labute approximate surface area is 104 Å². The standard InChI is InChI=1S/C11H18F3NO3/c1-9(2,3)18-8(16)15-6-5-7(15)10(4,17)11(12,13)14/h7,17H,5-6H2,1-4H3/t7-,10-/m1/s1. The Bertz CT molecular complexity index is 333. The fraction of sp³-hybridized carbons (Fsp3) is 0.909. The van der Waals surface area contributed by atoms with Crippen molar-refractivity contribution in [3.63, 3.8) is 0 Å². The number of alkyl halides is 3. The maximum atomic E-state index is 12.7. The van der Waals surface area contributed by atoms with Crippen molar-refractivity contribution in [2.75, 3.05) is 6.54 Å². The number of amides is 1. The van der Waals surface area contributed by atoms with Gasteiger partial charge in [-0.2, -0.15) is 13.2 Å². The quantitative estimate of drug-likeness (QED) is 0.794. The van der Waals surface area contributed by atoms with Crippen LogP contribution in [0.25, 0.3) is 0 Å². The van der Waals surface area contributed by atoms with Crippen LogP contribution in [0.15, 0.2) is 0 Å². The van der Waals surface area contributed by atoms with E-state index in [9.17, 15) is 23.1 Å². The molecule has 1 heterocycles. The zero-order valence-corrected chi connectivity index (χ0v) is 10.8. The molecular formula is C11H18F3NO3. The van der Waals surface area contributed by atoms with E-state index in [0.29, 0.717) is 6.92 Å². The molecule has 1 fully saturated rings. The fourth-order valence-electron chi connectivity index (χ4n) is 1.70. The lowest BCUT2D eigenvalue weighted by atomic mass is 9.86. The van der Waals surface area contributed by atoms with E-state index in [1.165, 1.54) is 0 Å². The highest BCUT2D eigenvalue weighted by atomic mass is 19.4. The summed E-state index contributed by atoms with van der Waals surface area (Å²) < 4.78 is 42.9. The number of carbonyl (C=O) groups excluding carboxylic acids is 1. The van der Waals surface area contributed by atoms with Gasteiger partial charge in [-0.3, -0.25) is 0 Å². The summed E-state index contributed by atoms with van der Waals surface area (Å²) in [7, 11) is 0. The van der Waals surface area contributed by atoms with Crippen molar-refractivity contribution < 1.29 is 27.8 Å². The first kappa shape index (κ1) is 15.1. The Kier molecular flexibility index (Phi) is 3.60. The number of nitrogens with zero attached hydrogens (tertiary/aromatic N) is 1. The first-order chi connectivity index (χ1) is 7.86. The summed E-state index contributed by atoms with van der Waals surface area (Å²) >= 11 is 0. The van der Waals surface area contributed by atoms with Gasteiger partial charge in [-0.1, -0.05) is 0 Å². The lowest BCUT2D eigenvalue weighted by molar-refractivity contribution is -0.281. The molecule has 0 aliphatic carbocycles. The molecule has 0 radical (unpaired) electrons. The number of halogens is 3. The zero-order chi connectivity index (χ0) is 14.4. The summed E-state index contributed by atoms with van der Waals surface area (Å²) in [6.07, 6.45) is -5.51. The van der Waals surface area contributed by atoms with Crippen LogP contribution in [0.4, 0.5) is 18.0 Å². The molecule has 1 N–H and O–H groups in total. The summed E-state index contributed by atoms with van der Waals surface area (Å²) in [6, 6.07) is -1.28. The molecular weight excluding hydrogens is 251 g/mol. The fourth-order valence-corrected chi connectivity index (χ4v) is 1.70. The van der Waals surface area contributed by atoms with Gasteiger partial charge in [-0.15, -0.1) is 0 Å². The molecule has 18 heavy (non-hydrogen) atoms. The van der Waals surface area contributed by atoms with Gasteiger partial charge in [0.1, 0.15) is 5.60 Å². The van der Waals surface area contributed by atoms with Crippen LogP contribution in [0.2, 0.25) is 0 Å². The Hall–Kier alpha value is -0.980. The summed E-state index contributed by atoms with van der Waals surface area (Å²) in [5.74, 6) is 0. The molecule has 106 valence electrons. The van der Waals surface area contributed by atoms with E-state index < -0.39 is 29.5 Å². The topological polar surface area (TPSA) is 49.8 Å². The highest BCUT2D eigenvalue weighted by Gasteiger charge is 2.60. The minimum Gasteiger partial charge on any atom is -0.444 e. The third-order valence-electron chi connectivity index (χ3n) is 2.87. The molecule has 4 nitrogen and oxygen atoms in total. The molecule has 7 heteroatoms. The normalized spacial score (nSPS) is 24.2. The van der Waals surface area contributed by atoms with Crippen LogP contribution < -0.4 is 0 Å². The van der Waals surface area contributed by atoms with Crippen LogP contribution in [0.3, 0.4) is 0 Å². The van der Waals surface area contributed by atoms with Gasteiger partial charge in [0.2, 0.25) is 0 Å². The number of carbonyl (C=O) groups is 1. The minimum atomic E-state index is -4.78. The summed E-state index contributed by atoms with van der Waals surface area (Å²) in [4.78, 5) is 12.6. The van der Waals surface area contributed by atoms with Gasteiger partial charge in [-0.25, -0.2) is 4.79 Å². The lowest BCUT2D eigenvalue weighted by Gasteiger charge is -2.48. The van der Waals surface area contributed by atoms with Crippen molar-refractivity contribution in [2.24, 2.45) is 0 Å². The second-order valence-electron chi connectivity index (χ2n) is 5.62. The van der Waals surface area contributed by atoms with Gasteiger partial charge >= 0.3 is 12.3 Å². The molecule has 0 saturated carbocycles. The van der Waals surface area contributed by atoms with Crippen LogP contribution in [-0.4, -0.2) is 46.1 Å². The van der Waals surface area contributed by atoms with E-state index in [1.807, 2.05) is 0 Å². The molecule has 0 aromatic heterocycles. The highest BCUT2D eigenvalue weighted by molar-refractivity contribution is 5.69. The largest absolute Gasteiger partial charge is 0.444 e. The Morgan fingerprint density at radius 3 is 2.06 bits per heavy atom. The average Bonchev–Trinajstić information content (AvgIpc) is 1.92. The van der Waals surface area contributed by atoms with Crippen LogP contribution in [0, 0.1) is 0 Å². The van der Waals surface area contributed by atoms with Crippen LogP contribution in [0.5, 0.6) is 0 Å². The second-order valence-corrected chi connectivity index (χ2v) is 5.62. The summed E-state index contributed by atoms with van der Waals surface area (Å²) in [6.45, 7) is 5.71. The van der Waals surface area contributed by atoms with Gasteiger partial charge < -0.3 is 14.7 Å². The molecule has 1 aliphatic heterocycles. The van der Waals surface area contributed by atoms with Gasteiger partial charge in [0, 0.05) is 6.54 Å². The van der Waals surface area contributed by atoms with Crippen molar-refractivity contribution in [3.8, 4) is 0 Å².